The number of rotatable bonds is 5. The van der Waals surface area contributed by atoms with Crippen molar-refractivity contribution in [3.05, 3.63) is 28.2 Å². The first kappa shape index (κ1) is 20.3. The summed E-state index contributed by atoms with van der Waals surface area (Å²) in [5.74, 6) is 0.656. The Morgan fingerprint density at radius 1 is 1.11 bits per heavy atom. The Kier molecular flexibility index (Phi) is 7.23. The molecule has 0 aliphatic carbocycles. The molecule has 2 fully saturated rings. The van der Waals surface area contributed by atoms with Crippen LogP contribution in [0.3, 0.4) is 0 Å². The van der Waals surface area contributed by atoms with Crippen molar-refractivity contribution >= 4 is 34.8 Å². The molecule has 0 saturated carbocycles. The molecule has 146 valence electrons. The standard InChI is InChI=1S/C20H26Cl2N4O/c21-17-2-1-3-18(20(17)22)25-14-12-24(13-15-25)9-5-16-6-10-26(11-7-16)19(27)4-8-23/h1-3,16H,4-7,9-15H2. The summed E-state index contributed by atoms with van der Waals surface area (Å²) in [4.78, 5) is 18.4. The normalized spacial score (nSPS) is 19.1. The lowest BCUT2D eigenvalue weighted by molar-refractivity contribution is -0.131. The Morgan fingerprint density at radius 3 is 2.48 bits per heavy atom. The Bertz CT molecular complexity index is 690. The van der Waals surface area contributed by atoms with Crippen molar-refractivity contribution in [3.63, 3.8) is 0 Å². The van der Waals surface area contributed by atoms with Crippen LogP contribution in [0.2, 0.25) is 10.0 Å². The van der Waals surface area contributed by atoms with Crippen LogP contribution in [0, 0.1) is 17.2 Å². The molecule has 0 unspecified atom stereocenters. The molecule has 2 heterocycles. The third-order valence-corrected chi connectivity index (χ3v) is 6.50. The molecule has 2 aliphatic rings. The largest absolute Gasteiger partial charge is 0.368 e. The molecule has 0 N–H and O–H groups in total. The van der Waals surface area contributed by atoms with Crippen LogP contribution < -0.4 is 4.90 Å². The molecule has 1 amide bonds. The lowest BCUT2D eigenvalue weighted by atomic mass is 9.93. The van der Waals surface area contributed by atoms with Gasteiger partial charge in [-0.25, -0.2) is 0 Å². The van der Waals surface area contributed by atoms with Crippen molar-refractivity contribution in [2.24, 2.45) is 5.92 Å². The minimum atomic E-state index is -0.0215. The molecular formula is C20H26Cl2N4O. The number of benzene rings is 1. The van der Waals surface area contributed by atoms with Gasteiger partial charge < -0.3 is 9.80 Å². The van der Waals surface area contributed by atoms with Gasteiger partial charge >= 0.3 is 0 Å². The zero-order valence-corrected chi connectivity index (χ0v) is 17.1. The molecule has 0 aromatic heterocycles. The second-order valence-corrected chi connectivity index (χ2v) is 8.13. The van der Waals surface area contributed by atoms with Gasteiger partial charge in [-0.15, -0.1) is 0 Å². The monoisotopic (exact) mass is 408 g/mol. The van der Waals surface area contributed by atoms with Crippen LogP contribution in [-0.4, -0.2) is 61.5 Å². The average molecular weight is 409 g/mol. The highest BCUT2D eigenvalue weighted by Crippen LogP contribution is 2.33. The summed E-state index contributed by atoms with van der Waals surface area (Å²) in [7, 11) is 0. The molecule has 0 atom stereocenters. The summed E-state index contributed by atoms with van der Waals surface area (Å²) in [6.45, 7) is 6.68. The van der Waals surface area contributed by atoms with E-state index in [1.165, 1.54) is 6.42 Å². The van der Waals surface area contributed by atoms with Crippen LogP contribution >= 0.6 is 23.2 Å². The van der Waals surface area contributed by atoms with E-state index in [2.05, 4.69) is 9.80 Å². The molecule has 27 heavy (non-hydrogen) atoms. The van der Waals surface area contributed by atoms with E-state index in [0.29, 0.717) is 16.0 Å². The highest BCUT2D eigenvalue weighted by Gasteiger charge is 2.24. The number of carbonyl (C=O) groups excluding carboxylic acids is 1. The highest BCUT2D eigenvalue weighted by atomic mass is 35.5. The first-order chi connectivity index (χ1) is 13.1. The minimum Gasteiger partial charge on any atom is -0.368 e. The second kappa shape index (κ2) is 9.64. The van der Waals surface area contributed by atoms with Crippen molar-refractivity contribution in [2.75, 3.05) is 50.7 Å². The van der Waals surface area contributed by atoms with E-state index in [4.69, 9.17) is 28.5 Å². The van der Waals surface area contributed by atoms with Crippen molar-refractivity contribution < 1.29 is 4.79 Å². The second-order valence-electron chi connectivity index (χ2n) is 7.35. The third-order valence-electron chi connectivity index (χ3n) is 5.70. The number of hydrogen-bond acceptors (Lipinski definition) is 4. The number of halogens is 2. The van der Waals surface area contributed by atoms with Crippen LogP contribution in [0.25, 0.3) is 0 Å². The van der Waals surface area contributed by atoms with E-state index in [9.17, 15) is 4.79 Å². The van der Waals surface area contributed by atoms with Gasteiger partial charge in [0.1, 0.15) is 6.42 Å². The molecule has 7 heteroatoms. The number of anilines is 1. The SMILES string of the molecule is N#CCC(=O)N1CCC(CCN2CCN(c3cccc(Cl)c3Cl)CC2)CC1. The smallest absolute Gasteiger partial charge is 0.236 e. The van der Waals surface area contributed by atoms with E-state index in [1.54, 1.807) is 0 Å². The van der Waals surface area contributed by atoms with Gasteiger partial charge in [0.25, 0.3) is 0 Å². The van der Waals surface area contributed by atoms with E-state index >= 15 is 0 Å². The lowest BCUT2D eigenvalue weighted by Crippen LogP contribution is -2.47. The van der Waals surface area contributed by atoms with Gasteiger partial charge in [0.05, 0.1) is 21.8 Å². The maximum atomic E-state index is 11.8. The zero-order chi connectivity index (χ0) is 19.2. The molecule has 0 radical (unpaired) electrons. The molecule has 0 bridgehead atoms. The van der Waals surface area contributed by atoms with Gasteiger partial charge in [0, 0.05) is 39.3 Å². The molecule has 2 aliphatic heterocycles. The van der Waals surface area contributed by atoms with Crippen LogP contribution in [0.15, 0.2) is 18.2 Å². The summed E-state index contributed by atoms with van der Waals surface area (Å²) in [5.41, 5.74) is 1.03. The Labute approximate surface area is 171 Å². The summed E-state index contributed by atoms with van der Waals surface area (Å²) < 4.78 is 0. The van der Waals surface area contributed by atoms with Crippen molar-refractivity contribution in [2.45, 2.75) is 25.7 Å². The van der Waals surface area contributed by atoms with E-state index in [-0.39, 0.29) is 12.3 Å². The summed E-state index contributed by atoms with van der Waals surface area (Å²) in [5, 5.41) is 9.90. The molecule has 2 saturated heterocycles. The Morgan fingerprint density at radius 2 is 1.81 bits per heavy atom. The van der Waals surface area contributed by atoms with Gasteiger partial charge in [0.2, 0.25) is 5.91 Å². The van der Waals surface area contributed by atoms with Crippen LogP contribution in [0.5, 0.6) is 0 Å². The van der Waals surface area contributed by atoms with E-state index in [1.807, 2.05) is 29.2 Å². The fourth-order valence-electron chi connectivity index (χ4n) is 3.96. The zero-order valence-electron chi connectivity index (χ0n) is 15.5. The number of piperidine rings is 1. The lowest BCUT2D eigenvalue weighted by Gasteiger charge is -2.38. The fraction of sp³-hybridized carbons (Fsp3) is 0.600. The molecule has 1 aromatic carbocycles. The van der Waals surface area contributed by atoms with Crippen LogP contribution in [0.1, 0.15) is 25.7 Å². The van der Waals surface area contributed by atoms with Crippen LogP contribution in [0.4, 0.5) is 5.69 Å². The molecule has 5 nitrogen and oxygen atoms in total. The van der Waals surface area contributed by atoms with E-state index < -0.39 is 0 Å². The maximum Gasteiger partial charge on any atom is 0.236 e. The minimum absolute atomic E-state index is 0.00554. The molecular weight excluding hydrogens is 383 g/mol. The third kappa shape index (κ3) is 5.28. The average Bonchev–Trinajstić information content (AvgIpc) is 2.69. The predicted molar refractivity (Wildman–Crippen MR) is 109 cm³/mol. The number of nitriles is 1. The quantitative estimate of drug-likeness (QED) is 0.745. The number of amides is 1. The van der Waals surface area contributed by atoms with Gasteiger partial charge in [-0.05, 0) is 43.9 Å². The van der Waals surface area contributed by atoms with Crippen molar-refractivity contribution in [3.8, 4) is 6.07 Å². The van der Waals surface area contributed by atoms with Gasteiger partial charge in [-0.1, -0.05) is 29.3 Å². The van der Waals surface area contributed by atoms with Gasteiger partial charge in [-0.2, -0.15) is 5.26 Å². The fourth-order valence-corrected chi connectivity index (χ4v) is 4.38. The van der Waals surface area contributed by atoms with Crippen LogP contribution in [-0.2, 0) is 4.79 Å². The first-order valence-electron chi connectivity index (χ1n) is 9.64. The van der Waals surface area contributed by atoms with Crippen molar-refractivity contribution in [1.29, 1.82) is 5.26 Å². The molecule has 3 rings (SSSR count). The number of piperazine rings is 1. The molecule has 1 aromatic rings. The highest BCUT2D eigenvalue weighted by molar-refractivity contribution is 6.43. The van der Waals surface area contributed by atoms with Gasteiger partial charge in [-0.3, -0.25) is 9.69 Å². The topological polar surface area (TPSA) is 50.6 Å². The van der Waals surface area contributed by atoms with Gasteiger partial charge in [0.15, 0.2) is 0 Å². The number of hydrogen-bond donors (Lipinski definition) is 0. The summed E-state index contributed by atoms with van der Waals surface area (Å²) >= 11 is 12.5. The molecule has 0 spiro atoms. The van der Waals surface area contributed by atoms with Crippen molar-refractivity contribution in [1.82, 2.24) is 9.80 Å². The number of carbonyl (C=O) groups is 1. The van der Waals surface area contributed by atoms with E-state index in [0.717, 1.165) is 64.3 Å². The number of nitrogens with zero attached hydrogens (tertiary/aromatic N) is 4. The Hall–Kier alpha value is -1.48. The number of likely N-dealkylation sites (tertiary alicyclic amines) is 1. The predicted octanol–water partition coefficient (Wildman–Crippen LogP) is 3.66. The Balaban J connectivity index is 1.39. The summed E-state index contributed by atoms with van der Waals surface area (Å²) in [6.07, 6.45) is 3.29. The first-order valence-corrected chi connectivity index (χ1v) is 10.4. The maximum absolute atomic E-state index is 11.8. The summed E-state index contributed by atoms with van der Waals surface area (Å²) in [6, 6.07) is 7.75.